The third kappa shape index (κ3) is 2.44. The molecule has 1 aliphatic heterocycles. The molecule has 3 N–H and O–H groups in total. The second kappa shape index (κ2) is 5.13. The van der Waals surface area contributed by atoms with Crippen LogP contribution in [0.1, 0.15) is 13.3 Å². The summed E-state index contributed by atoms with van der Waals surface area (Å²) in [5.41, 5.74) is 6.28. The van der Waals surface area contributed by atoms with Crippen molar-refractivity contribution in [2.24, 2.45) is 0 Å². The normalized spacial score (nSPS) is 19.3. The van der Waals surface area contributed by atoms with Crippen LogP contribution in [0.15, 0.2) is 12.1 Å². The molecule has 0 saturated carbocycles. The van der Waals surface area contributed by atoms with E-state index >= 15 is 0 Å². The van der Waals surface area contributed by atoms with Gasteiger partial charge in [-0.15, -0.1) is 0 Å². The molecule has 1 atom stereocenters. The molecule has 1 aromatic heterocycles. The van der Waals surface area contributed by atoms with Gasteiger partial charge in [-0.3, -0.25) is 14.9 Å². The maximum Gasteiger partial charge on any atom is 0.249 e. The van der Waals surface area contributed by atoms with Crippen LogP contribution in [-0.4, -0.2) is 36.5 Å². The number of carbonyl (C=O) groups is 2. The van der Waals surface area contributed by atoms with E-state index in [9.17, 15) is 9.59 Å². The van der Waals surface area contributed by atoms with Crippen molar-refractivity contribution in [1.29, 1.82) is 0 Å². The summed E-state index contributed by atoms with van der Waals surface area (Å²) in [5, 5.41) is 2.31. The number of piperazine rings is 1. The Morgan fingerprint density at radius 2 is 2.26 bits per heavy atom. The molecule has 1 fully saturated rings. The van der Waals surface area contributed by atoms with Crippen molar-refractivity contribution in [3.05, 3.63) is 12.1 Å². The van der Waals surface area contributed by atoms with E-state index in [4.69, 9.17) is 10.5 Å². The molecule has 0 spiro atoms. The molecule has 1 aliphatic rings. The minimum absolute atomic E-state index is 0.0502. The third-order valence-electron chi connectivity index (χ3n) is 3.00. The minimum Gasteiger partial charge on any atom is -0.481 e. The largest absolute Gasteiger partial charge is 0.481 e. The Morgan fingerprint density at radius 3 is 2.89 bits per heavy atom. The van der Waals surface area contributed by atoms with Crippen LogP contribution in [0.3, 0.4) is 0 Å². The number of nitrogens with zero attached hydrogens (tertiary/aromatic N) is 2. The number of aromatic nitrogens is 1. The van der Waals surface area contributed by atoms with Crippen LogP contribution in [0, 0.1) is 0 Å². The van der Waals surface area contributed by atoms with Gasteiger partial charge in [0.15, 0.2) is 5.82 Å². The lowest BCUT2D eigenvalue weighted by Crippen LogP contribution is -2.58. The average molecular weight is 264 g/mol. The van der Waals surface area contributed by atoms with Crippen LogP contribution in [0.2, 0.25) is 0 Å². The number of carbonyl (C=O) groups excluding carboxylic acids is 2. The maximum absolute atomic E-state index is 11.8. The van der Waals surface area contributed by atoms with Crippen molar-refractivity contribution in [1.82, 2.24) is 10.3 Å². The molecule has 1 aromatic rings. The standard InChI is InChI=1S/C12H16N4O3/c1-3-8-12(18)14-9(17)6-16(8)11-7(13)4-5-10(15-11)19-2/h4-5,8H,3,6,13H2,1-2H3,(H,14,17,18). The molecule has 102 valence electrons. The number of imide groups is 1. The van der Waals surface area contributed by atoms with E-state index < -0.39 is 6.04 Å². The van der Waals surface area contributed by atoms with E-state index in [0.29, 0.717) is 23.8 Å². The van der Waals surface area contributed by atoms with Crippen molar-refractivity contribution in [2.75, 3.05) is 24.3 Å². The van der Waals surface area contributed by atoms with E-state index in [1.165, 1.54) is 7.11 Å². The van der Waals surface area contributed by atoms with E-state index in [1.54, 1.807) is 17.0 Å². The molecule has 0 aliphatic carbocycles. The lowest BCUT2D eigenvalue weighted by atomic mass is 10.1. The first-order chi connectivity index (χ1) is 9.06. The summed E-state index contributed by atoms with van der Waals surface area (Å²) in [6, 6.07) is 2.82. The van der Waals surface area contributed by atoms with Gasteiger partial charge in [-0.2, -0.15) is 4.98 Å². The van der Waals surface area contributed by atoms with Crippen LogP contribution in [0.4, 0.5) is 11.5 Å². The number of rotatable bonds is 3. The van der Waals surface area contributed by atoms with Gasteiger partial charge in [0.2, 0.25) is 17.7 Å². The van der Waals surface area contributed by atoms with Gasteiger partial charge in [0.05, 0.1) is 19.3 Å². The summed E-state index contributed by atoms with van der Waals surface area (Å²) in [6.07, 6.45) is 0.553. The van der Waals surface area contributed by atoms with Crippen molar-refractivity contribution < 1.29 is 14.3 Å². The lowest BCUT2D eigenvalue weighted by Gasteiger charge is -2.34. The zero-order chi connectivity index (χ0) is 14.0. The molecule has 1 saturated heterocycles. The summed E-state index contributed by atoms with van der Waals surface area (Å²) in [6.45, 7) is 1.91. The quantitative estimate of drug-likeness (QED) is 0.741. The van der Waals surface area contributed by atoms with Gasteiger partial charge in [0.1, 0.15) is 6.04 Å². The number of pyridine rings is 1. The average Bonchev–Trinajstić information content (AvgIpc) is 2.38. The summed E-state index contributed by atoms with van der Waals surface area (Å²) < 4.78 is 5.04. The van der Waals surface area contributed by atoms with Gasteiger partial charge >= 0.3 is 0 Å². The van der Waals surface area contributed by atoms with Gasteiger partial charge in [0, 0.05) is 6.07 Å². The first-order valence-corrected chi connectivity index (χ1v) is 5.97. The third-order valence-corrected chi connectivity index (χ3v) is 3.00. The summed E-state index contributed by atoms with van der Waals surface area (Å²) >= 11 is 0. The molecule has 1 unspecified atom stereocenters. The van der Waals surface area contributed by atoms with Gasteiger partial charge in [-0.1, -0.05) is 6.92 Å². The molecule has 2 heterocycles. The molecule has 2 amide bonds. The topological polar surface area (TPSA) is 97.5 Å². The first kappa shape index (κ1) is 13.1. The number of anilines is 2. The van der Waals surface area contributed by atoms with E-state index in [1.807, 2.05) is 6.92 Å². The Hall–Kier alpha value is -2.31. The van der Waals surface area contributed by atoms with Crippen LogP contribution < -0.4 is 20.7 Å². The number of hydrogen-bond acceptors (Lipinski definition) is 6. The van der Waals surface area contributed by atoms with Crippen molar-refractivity contribution >= 4 is 23.3 Å². The molecule has 0 bridgehead atoms. The second-order valence-electron chi connectivity index (χ2n) is 4.23. The van der Waals surface area contributed by atoms with Gasteiger partial charge in [-0.05, 0) is 12.5 Å². The SMILES string of the molecule is CCC1C(=O)NC(=O)CN1c1nc(OC)ccc1N. The number of nitrogen functional groups attached to an aromatic ring is 1. The van der Waals surface area contributed by atoms with Gasteiger partial charge < -0.3 is 15.4 Å². The highest BCUT2D eigenvalue weighted by atomic mass is 16.5. The number of ether oxygens (including phenoxy) is 1. The number of hydrogen-bond donors (Lipinski definition) is 2. The predicted octanol–water partition coefficient (Wildman–Crippen LogP) is -0.0862. The molecular formula is C12H16N4O3. The molecule has 0 radical (unpaired) electrons. The molecule has 2 rings (SSSR count). The zero-order valence-corrected chi connectivity index (χ0v) is 10.8. The molecule has 19 heavy (non-hydrogen) atoms. The molecule has 7 heteroatoms. The smallest absolute Gasteiger partial charge is 0.249 e. The fourth-order valence-corrected chi connectivity index (χ4v) is 2.08. The van der Waals surface area contributed by atoms with Crippen molar-refractivity contribution in [3.63, 3.8) is 0 Å². The lowest BCUT2D eigenvalue weighted by molar-refractivity contribution is -0.132. The van der Waals surface area contributed by atoms with Crippen LogP contribution in [-0.2, 0) is 9.59 Å². The number of amides is 2. The summed E-state index contributed by atoms with van der Waals surface area (Å²) in [4.78, 5) is 29.2. The van der Waals surface area contributed by atoms with Gasteiger partial charge in [-0.25, -0.2) is 0 Å². The fourth-order valence-electron chi connectivity index (χ4n) is 2.08. The Morgan fingerprint density at radius 1 is 1.53 bits per heavy atom. The van der Waals surface area contributed by atoms with Crippen LogP contribution in [0.25, 0.3) is 0 Å². The van der Waals surface area contributed by atoms with Crippen LogP contribution >= 0.6 is 0 Å². The Kier molecular flexibility index (Phi) is 3.55. The molecule has 7 nitrogen and oxygen atoms in total. The number of nitrogens with one attached hydrogen (secondary N) is 1. The highest BCUT2D eigenvalue weighted by Crippen LogP contribution is 2.27. The van der Waals surface area contributed by atoms with Crippen molar-refractivity contribution in [3.8, 4) is 5.88 Å². The Bertz CT molecular complexity index is 518. The summed E-state index contributed by atoms with van der Waals surface area (Å²) in [7, 11) is 1.49. The minimum atomic E-state index is -0.459. The highest BCUT2D eigenvalue weighted by Gasteiger charge is 2.34. The summed E-state index contributed by atoms with van der Waals surface area (Å²) in [5.74, 6) is 0.0911. The van der Waals surface area contributed by atoms with Gasteiger partial charge in [0.25, 0.3) is 0 Å². The molecular weight excluding hydrogens is 248 g/mol. The monoisotopic (exact) mass is 264 g/mol. The maximum atomic E-state index is 11.8. The van der Waals surface area contributed by atoms with E-state index in [2.05, 4.69) is 10.3 Å². The number of nitrogens with two attached hydrogens (primary N) is 1. The van der Waals surface area contributed by atoms with Crippen molar-refractivity contribution in [2.45, 2.75) is 19.4 Å². The zero-order valence-electron chi connectivity index (χ0n) is 10.8. The molecule has 0 aromatic carbocycles. The van der Waals surface area contributed by atoms with Crippen LogP contribution in [0.5, 0.6) is 5.88 Å². The van der Waals surface area contributed by atoms with E-state index in [-0.39, 0.29) is 18.4 Å². The first-order valence-electron chi connectivity index (χ1n) is 5.97. The fraction of sp³-hybridized carbons (Fsp3) is 0.417. The predicted molar refractivity (Wildman–Crippen MR) is 69.8 cm³/mol. The Labute approximate surface area is 110 Å². The number of methoxy groups -OCH3 is 1. The highest BCUT2D eigenvalue weighted by molar-refractivity contribution is 6.04. The Balaban J connectivity index is 2.42. The van der Waals surface area contributed by atoms with E-state index in [0.717, 1.165) is 0 Å². The second-order valence-corrected chi connectivity index (χ2v) is 4.23.